The van der Waals surface area contributed by atoms with Gasteiger partial charge >= 0.3 is 0 Å². The fourth-order valence-corrected chi connectivity index (χ4v) is 4.04. The van der Waals surface area contributed by atoms with Gasteiger partial charge in [-0.05, 0) is 56.7 Å². The van der Waals surface area contributed by atoms with Gasteiger partial charge in [0.15, 0.2) is 0 Å². The Morgan fingerprint density at radius 3 is 2.03 bits per heavy atom. The second-order valence-electron chi connectivity index (χ2n) is 9.30. The number of nitrogens with zero attached hydrogens (tertiary/aromatic N) is 4. The molecule has 2 aromatic heterocycles. The Morgan fingerprint density at radius 1 is 0.938 bits per heavy atom. The first-order valence-corrected chi connectivity index (χ1v) is 11.3. The number of carbonyl (C=O) groups excluding carboxylic acids is 1. The number of rotatable bonds is 7. The molecule has 0 aliphatic carbocycles. The molecular formula is C26H35N5O. The molecule has 2 heterocycles. The molecule has 1 N–H and O–H groups in total. The van der Waals surface area contributed by atoms with E-state index in [9.17, 15) is 4.79 Å². The van der Waals surface area contributed by atoms with Crippen molar-refractivity contribution in [2.24, 2.45) is 5.92 Å². The van der Waals surface area contributed by atoms with Crippen molar-refractivity contribution in [3.63, 3.8) is 0 Å². The van der Waals surface area contributed by atoms with Gasteiger partial charge in [-0.2, -0.15) is 5.10 Å². The Labute approximate surface area is 191 Å². The second kappa shape index (κ2) is 9.63. The topological polar surface area (TPSA) is 72.7 Å². The maximum atomic E-state index is 13.1. The lowest BCUT2D eigenvalue weighted by molar-refractivity contribution is -0.121. The molecular weight excluding hydrogens is 398 g/mol. The smallest absolute Gasteiger partial charge is 0.251 e. The second-order valence-corrected chi connectivity index (χ2v) is 9.30. The molecule has 32 heavy (non-hydrogen) atoms. The van der Waals surface area contributed by atoms with E-state index in [2.05, 4.69) is 72.3 Å². The number of amides is 1. The zero-order valence-electron chi connectivity index (χ0n) is 20.5. The van der Waals surface area contributed by atoms with Crippen LogP contribution in [0.3, 0.4) is 0 Å². The Balaban J connectivity index is 1.81. The maximum Gasteiger partial charge on any atom is 0.251 e. The average Bonchev–Trinajstić information content (AvgIpc) is 2.99. The van der Waals surface area contributed by atoms with Crippen molar-refractivity contribution in [2.75, 3.05) is 0 Å². The highest BCUT2D eigenvalue weighted by atomic mass is 16.1. The summed E-state index contributed by atoms with van der Waals surface area (Å²) in [6.45, 7) is 16.4. The van der Waals surface area contributed by atoms with Crippen molar-refractivity contribution in [1.82, 2.24) is 25.1 Å². The molecule has 0 saturated heterocycles. The van der Waals surface area contributed by atoms with Crippen molar-refractivity contribution in [2.45, 2.75) is 73.8 Å². The van der Waals surface area contributed by atoms with Crippen molar-refractivity contribution in [1.29, 1.82) is 0 Å². The lowest BCUT2D eigenvalue weighted by Crippen LogP contribution is -2.33. The summed E-state index contributed by atoms with van der Waals surface area (Å²) in [5, 5.41) is 7.87. The molecule has 0 bridgehead atoms. The zero-order valence-corrected chi connectivity index (χ0v) is 20.5. The van der Waals surface area contributed by atoms with Crippen LogP contribution in [0.2, 0.25) is 0 Å². The highest BCUT2D eigenvalue weighted by Gasteiger charge is 2.22. The van der Waals surface area contributed by atoms with Gasteiger partial charge in [0.2, 0.25) is 5.91 Å². The lowest BCUT2D eigenvalue weighted by Gasteiger charge is -2.23. The van der Waals surface area contributed by atoms with Crippen molar-refractivity contribution in [3.05, 3.63) is 69.8 Å². The van der Waals surface area contributed by atoms with Crippen LogP contribution in [-0.4, -0.2) is 25.7 Å². The molecule has 3 rings (SSSR count). The minimum Gasteiger partial charge on any atom is -0.349 e. The van der Waals surface area contributed by atoms with E-state index in [1.165, 1.54) is 5.56 Å². The van der Waals surface area contributed by atoms with E-state index in [1.807, 2.05) is 33.8 Å². The third-order valence-electron chi connectivity index (χ3n) is 5.88. The predicted molar refractivity (Wildman–Crippen MR) is 128 cm³/mol. The summed E-state index contributed by atoms with van der Waals surface area (Å²) in [5.74, 6) is 1.29. The van der Waals surface area contributed by atoms with Gasteiger partial charge in [-0.25, -0.2) is 14.6 Å². The van der Waals surface area contributed by atoms with E-state index < -0.39 is 0 Å². The standard InChI is InChI=1S/C26H35N5O/c1-15(2)21-9-11-22(12-10-21)25(16(3)4)29-24(32)14-23-19(7)30-31(20(23)8)26-27-17(5)13-18(6)28-26/h9-13,15-16,25H,14H2,1-8H3,(H,29,32). The van der Waals surface area contributed by atoms with Crippen LogP contribution in [0.4, 0.5) is 0 Å². The summed E-state index contributed by atoms with van der Waals surface area (Å²) in [4.78, 5) is 22.1. The summed E-state index contributed by atoms with van der Waals surface area (Å²) in [5.41, 5.74) is 6.85. The molecule has 0 aliphatic rings. The quantitative estimate of drug-likeness (QED) is 0.564. The average molecular weight is 434 g/mol. The molecule has 0 spiro atoms. The van der Waals surface area contributed by atoms with Gasteiger partial charge in [0, 0.05) is 22.6 Å². The molecule has 0 radical (unpaired) electrons. The van der Waals surface area contributed by atoms with Crippen LogP contribution in [0.5, 0.6) is 0 Å². The van der Waals surface area contributed by atoms with Crippen LogP contribution in [0, 0.1) is 33.6 Å². The fourth-order valence-electron chi connectivity index (χ4n) is 4.04. The highest BCUT2D eigenvalue weighted by Crippen LogP contribution is 2.25. The molecule has 6 nitrogen and oxygen atoms in total. The van der Waals surface area contributed by atoms with Crippen molar-refractivity contribution < 1.29 is 4.79 Å². The molecule has 1 atom stereocenters. The normalized spacial score (nSPS) is 12.4. The van der Waals surface area contributed by atoms with Crippen LogP contribution in [0.1, 0.15) is 79.1 Å². The zero-order chi connectivity index (χ0) is 23.6. The number of nitrogens with one attached hydrogen (secondary N) is 1. The first-order chi connectivity index (χ1) is 15.1. The largest absolute Gasteiger partial charge is 0.349 e. The SMILES string of the molecule is Cc1cc(C)nc(-n2nc(C)c(CC(=O)NC(c3ccc(C(C)C)cc3)C(C)C)c2C)n1. The van der Waals surface area contributed by atoms with Crippen LogP contribution in [0.25, 0.3) is 5.95 Å². The number of benzene rings is 1. The Bertz CT molecular complexity index is 1080. The van der Waals surface area contributed by atoms with E-state index in [-0.39, 0.29) is 24.3 Å². The Hall–Kier alpha value is -3.02. The molecule has 0 fully saturated rings. The van der Waals surface area contributed by atoms with Gasteiger partial charge in [-0.1, -0.05) is 52.0 Å². The van der Waals surface area contributed by atoms with Crippen LogP contribution in [-0.2, 0) is 11.2 Å². The van der Waals surface area contributed by atoms with E-state index in [1.54, 1.807) is 4.68 Å². The molecule has 1 unspecified atom stereocenters. The van der Waals surface area contributed by atoms with Gasteiger partial charge in [0.25, 0.3) is 5.95 Å². The summed E-state index contributed by atoms with van der Waals surface area (Å²) in [7, 11) is 0. The van der Waals surface area contributed by atoms with Gasteiger partial charge in [0.05, 0.1) is 18.2 Å². The summed E-state index contributed by atoms with van der Waals surface area (Å²) in [6, 6.07) is 10.5. The first-order valence-electron chi connectivity index (χ1n) is 11.3. The van der Waals surface area contributed by atoms with E-state index >= 15 is 0 Å². The Morgan fingerprint density at radius 2 is 1.50 bits per heavy atom. The highest BCUT2D eigenvalue weighted by molar-refractivity contribution is 5.79. The Kier molecular flexibility index (Phi) is 7.12. The van der Waals surface area contributed by atoms with Gasteiger partial charge in [-0.15, -0.1) is 0 Å². The van der Waals surface area contributed by atoms with Crippen LogP contribution < -0.4 is 5.32 Å². The number of hydrogen-bond acceptors (Lipinski definition) is 4. The minimum absolute atomic E-state index is 0.0104. The molecule has 1 amide bonds. The number of carbonyl (C=O) groups is 1. The number of aryl methyl sites for hydroxylation is 3. The van der Waals surface area contributed by atoms with Gasteiger partial charge in [0.1, 0.15) is 0 Å². The van der Waals surface area contributed by atoms with Gasteiger partial charge < -0.3 is 5.32 Å². The maximum absolute atomic E-state index is 13.1. The summed E-state index contributed by atoms with van der Waals surface area (Å²) < 4.78 is 1.74. The van der Waals surface area contributed by atoms with Crippen LogP contribution in [0.15, 0.2) is 30.3 Å². The van der Waals surface area contributed by atoms with Crippen LogP contribution >= 0.6 is 0 Å². The monoisotopic (exact) mass is 433 g/mol. The number of hydrogen-bond donors (Lipinski definition) is 1. The van der Waals surface area contributed by atoms with Crippen molar-refractivity contribution in [3.8, 4) is 5.95 Å². The third-order valence-corrected chi connectivity index (χ3v) is 5.88. The molecule has 0 aliphatic heterocycles. The van der Waals surface area contributed by atoms with E-state index in [4.69, 9.17) is 0 Å². The van der Waals surface area contributed by atoms with Gasteiger partial charge in [-0.3, -0.25) is 4.79 Å². The molecule has 3 aromatic rings. The number of aromatic nitrogens is 4. The summed E-state index contributed by atoms with van der Waals surface area (Å²) in [6.07, 6.45) is 0.274. The molecule has 170 valence electrons. The summed E-state index contributed by atoms with van der Waals surface area (Å²) >= 11 is 0. The lowest BCUT2D eigenvalue weighted by atomic mass is 9.93. The molecule has 0 saturated carbocycles. The molecule has 6 heteroatoms. The van der Waals surface area contributed by atoms with E-state index in [0.29, 0.717) is 11.9 Å². The molecule has 1 aromatic carbocycles. The van der Waals surface area contributed by atoms with E-state index in [0.717, 1.165) is 33.9 Å². The fraction of sp³-hybridized carbons (Fsp3) is 0.462. The third kappa shape index (κ3) is 5.23. The first kappa shape index (κ1) is 23.6. The predicted octanol–water partition coefficient (Wildman–Crippen LogP) is 5.08. The minimum atomic E-state index is -0.0397. The van der Waals surface area contributed by atoms with Crippen molar-refractivity contribution >= 4 is 5.91 Å².